The highest BCUT2D eigenvalue weighted by atomic mass is 35.5. The van der Waals surface area contributed by atoms with Crippen LogP contribution in [0.5, 0.6) is 0 Å². The van der Waals surface area contributed by atoms with E-state index in [1.807, 2.05) is 24.3 Å². The van der Waals surface area contributed by atoms with E-state index in [0.717, 1.165) is 5.56 Å². The molecule has 0 N–H and O–H groups in total. The van der Waals surface area contributed by atoms with Gasteiger partial charge in [0.05, 0.1) is 13.2 Å². The van der Waals surface area contributed by atoms with E-state index in [9.17, 15) is 4.79 Å². The lowest BCUT2D eigenvalue weighted by atomic mass is 9.94. The average molecular weight is 270 g/mol. The van der Waals surface area contributed by atoms with Crippen LogP contribution in [-0.4, -0.2) is 30.8 Å². The summed E-state index contributed by atoms with van der Waals surface area (Å²) in [7, 11) is 3.15. The van der Waals surface area contributed by atoms with Gasteiger partial charge in [-0.3, -0.25) is 4.84 Å². The zero-order valence-electron chi connectivity index (χ0n) is 10.6. The van der Waals surface area contributed by atoms with Gasteiger partial charge >= 0.3 is 5.97 Å². The van der Waals surface area contributed by atoms with Crippen molar-refractivity contribution in [2.45, 2.75) is 25.0 Å². The minimum atomic E-state index is -0.951. The highest BCUT2D eigenvalue weighted by molar-refractivity contribution is 6.31. The number of benzene rings is 1. The van der Waals surface area contributed by atoms with Gasteiger partial charge in [0.15, 0.2) is 5.60 Å². The van der Waals surface area contributed by atoms with Crippen LogP contribution in [0.25, 0.3) is 0 Å². The van der Waals surface area contributed by atoms with Gasteiger partial charge in [0.25, 0.3) is 0 Å². The number of hydrogen-bond acceptors (Lipinski definition) is 4. The van der Waals surface area contributed by atoms with Crippen LogP contribution in [-0.2, 0) is 14.4 Å². The molecule has 0 unspecified atom stereocenters. The van der Waals surface area contributed by atoms with E-state index in [1.54, 1.807) is 19.0 Å². The Kier molecular flexibility index (Phi) is 3.61. The summed E-state index contributed by atoms with van der Waals surface area (Å²) in [5.41, 5.74) is 0.00200. The molecule has 0 aromatic heterocycles. The maximum atomic E-state index is 11.7. The van der Waals surface area contributed by atoms with Gasteiger partial charge in [0.2, 0.25) is 0 Å². The van der Waals surface area contributed by atoms with E-state index in [-0.39, 0.29) is 12.0 Å². The first-order valence-electron chi connectivity index (χ1n) is 5.73. The van der Waals surface area contributed by atoms with Crippen molar-refractivity contribution < 1.29 is 14.4 Å². The lowest BCUT2D eigenvalue weighted by Crippen LogP contribution is -2.36. The molecule has 2 atom stereocenters. The first-order chi connectivity index (χ1) is 8.48. The average Bonchev–Trinajstić information content (AvgIpc) is 2.66. The normalized spacial score (nSPS) is 28.3. The Morgan fingerprint density at radius 2 is 2.22 bits per heavy atom. The van der Waals surface area contributed by atoms with Gasteiger partial charge in [0.1, 0.15) is 0 Å². The summed E-state index contributed by atoms with van der Waals surface area (Å²) in [5, 5.41) is 2.34. The molecule has 1 heterocycles. The molecular weight excluding hydrogens is 254 g/mol. The smallest absolute Gasteiger partial charge is 0.340 e. The zero-order valence-corrected chi connectivity index (χ0v) is 11.4. The standard InChI is InChI=1S/C13H16ClNO3/c1-13(12(16)17-3)8-11(15(2)18-13)9-6-4-5-7-10(9)14/h4-7,11H,8H2,1-3H3/t11-,13-/m0/s1. The van der Waals surface area contributed by atoms with Crippen LogP contribution in [0.3, 0.4) is 0 Å². The molecular formula is C13H16ClNO3. The molecule has 1 aliphatic rings. The summed E-state index contributed by atoms with van der Waals surface area (Å²) in [6.45, 7) is 1.73. The molecule has 18 heavy (non-hydrogen) atoms. The van der Waals surface area contributed by atoms with Crippen molar-refractivity contribution in [3.8, 4) is 0 Å². The van der Waals surface area contributed by atoms with Crippen LogP contribution in [0.2, 0.25) is 5.02 Å². The highest BCUT2D eigenvalue weighted by Crippen LogP contribution is 2.41. The molecule has 2 rings (SSSR count). The highest BCUT2D eigenvalue weighted by Gasteiger charge is 2.48. The maximum Gasteiger partial charge on any atom is 0.340 e. The summed E-state index contributed by atoms with van der Waals surface area (Å²) < 4.78 is 4.78. The van der Waals surface area contributed by atoms with E-state index < -0.39 is 5.60 Å². The first kappa shape index (κ1) is 13.3. The van der Waals surface area contributed by atoms with Crippen LogP contribution in [0.4, 0.5) is 0 Å². The van der Waals surface area contributed by atoms with Crippen molar-refractivity contribution in [1.82, 2.24) is 5.06 Å². The Labute approximate surface area is 111 Å². The molecule has 1 aromatic carbocycles. The molecule has 0 spiro atoms. The summed E-state index contributed by atoms with van der Waals surface area (Å²) in [6.07, 6.45) is 0.514. The molecule has 1 aromatic rings. The first-order valence-corrected chi connectivity index (χ1v) is 6.10. The lowest BCUT2D eigenvalue weighted by molar-refractivity contribution is -0.205. The second kappa shape index (κ2) is 4.88. The minimum absolute atomic E-state index is 0.0530. The molecule has 0 radical (unpaired) electrons. The number of hydroxylamine groups is 2. The lowest BCUT2D eigenvalue weighted by Gasteiger charge is -2.20. The monoisotopic (exact) mass is 269 g/mol. The Morgan fingerprint density at radius 3 is 2.83 bits per heavy atom. The van der Waals surface area contributed by atoms with Gasteiger partial charge in [0, 0.05) is 18.5 Å². The maximum absolute atomic E-state index is 11.7. The van der Waals surface area contributed by atoms with Crippen molar-refractivity contribution in [3.05, 3.63) is 34.9 Å². The number of nitrogens with zero attached hydrogens (tertiary/aromatic N) is 1. The molecule has 1 saturated heterocycles. The number of esters is 1. The molecule has 5 heteroatoms. The summed E-state index contributed by atoms with van der Waals surface area (Å²) >= 11 is 6.18. The topological polar surface area (TPSA) is 38.8 Å². The number of ether oxygens (including phenoxy) is 1. The predicted octanol–water partition coefficient (Wildman–Crippen LogP) is 2.58. The molecule has 98 valence electrons. The Hall–Kier alpha value is -1.10. The SMILES string of the molecule is COC(=O)[C@]1(C)C[C@@H](c2ccccc2Cl)N(C)O1. The number of hydrogen-bond donors (Lipinski definition) is 0. The molecule has 0 amide bonds. The molecule has 1 fully saturated rings. The van der Waals surface area contributed by atoms with E-state index in [4.69, 9.17) is 21.2 Å². The van der Waals surface area contributed by atoms with Crippen LogP contribution in [0.1, 0.15) is 24.9 Å². The fraction of sp³-hybridized carbons (Fsp3) is 0.462. The molecule has 0 bridgehead atoms. The quantitative estimate of drug-likeness (QED) is 0.774. The van der Waals surface area contributed by atoms with Crippen LogP contribution >= 0.6 is 11.6 Å². The fourth-order valence-electron chi connectivity index (χ4n) is 2.30. The van der Waals surface area contributed by atoms with E-state index >= 15 is 0 Å². The largest absolute Gasteiger partial charge is 0.467 e. The van der Waals surface area contributed by atoms with Crippen molar-refractivity contribution in [2.75, 3.05) is 14.2 Å². The molecule has 4 nitrogen and oxygen atoms in total. The second-order valence-corrected chi connectivity index (χ2v) is 5.01. The third kappa shape index (κ3) is 2.23. The van der Waals surface area contributed by atoms with E-state index in [1.165, 1.54) is 7.11 Å². The number of carbonyl (C=O) groups excluding carboxylic acids is 1. The van der Waals surface area contributed by atoms with Gasteiger partial charge in [-0.2, -0.15) is 5.06 Å². The summed E-state index contributed by atoms with van der Waals surface area (Å²) in [6, 6.07) is 7.51. The summed E-state index contributed by atoms with van der Waals surface area (Å²) in [5.74, 6) is -0.371. The Morgan fingerprint density at radius 1 is 1.56 bits per heavy atom. The van der Waals surface area contributed by atoms with Crippen molar-refractivity contribution in [3.63, 3.8) is 0 Å². The summed E-state index contributed by atoms with van der Waals surface area (Å²) in [4.78, 5) is 17.4. The van der Waals surface area contributed by atoms with E-state index in [0.29, 0.717) is 11.4 Å². The minimum Gasteiger partial charge on any atom is -0.467 e. The number of carbonyl (C=O) groups is 1. The molecule has 0 saturated carbocycles. The zero-order chi connectivity index (χ0) is 13.3. The Bertz CT molecular complexity index is 465. The van der Waals surface area contributed by atoms with Gasteiger partial charge in [-0.1, -0.05) is 29.8 Å². The molecule has 0 aliphatic carbocycles. The van der Waals surface area contributed by atoms with Crippen molar-refractivity contribution >= 4 is 17.6 Å². The number of halogens is 1. The van der Waals surface area contributed by atoms with Gasteiger partial charge in [-0.15, -0.1) is 0 Å². The van der Waals surface area contributed by atoms with Gasteiger partial charge in [-0.05, 0) is 18.6 Å². The number of rotatable bonds is 2. The predicted molar refractivity (Wildman–Crippen MR) is 68.1 cm³/mol. The third-order valence-electron chi connectivity index (χ3n) is 3.25. The van der Waals surface area contributed by atoms with Crippen LogP contribution in [0, 0.1) is 0 Å². The van der Waals surface area contributed by atoms with Gasteiger partial charge in [-0.25, -0.2) is 4.79 Å². The van der Waals surface area contributed by atoms with Gasteiger partial charge < -0.3 is 4.74 Å². The molecule has 1 aliphatic heterocycles. The van der Waals surface area contributed by atoms with Crippen molar-refractivity contribution in [2.24, 2.45) is 0 Å². The second-order valence-electron chi connectivity index (χ2n) is 4.60. The fourth-order valence-corrected chi connectivity index (χ4v) is 2.57. The van der Waals surface area contributed by atoms with Crippen LogP contribution in [0.15, 0.2) is 24.3 Å². The van der Waals surface area contributed by atoms with E-state index in [2.05, 4.69) is 0 Å². The number of methoxy groups -OCH3 is 1. The Balaban J connectivity index is 2.28. The van der Waals surface area contributed by atoms with Crippen LogP contribution < -0.4 is 0 Å². The van der Waals surface area contributed by atoms with Crippen molar-refractivity contribution in [1.29, 1.82) is 0 Å². The third-order valence-corrected chi connectivity index (χ3v) is 3.59.